The highest BCUT2D eigenvalue weighted by Crippen LogP contribution is 2.41. The van der Waals surface area contributed by atoms with Crippen molar-refractivity contribution in [1.82, 2.24) is 0 Å². The molecule has 4 rings (SSSR count). The minimum Gasteiger partial charge on any atom is -0.490 e. The number of carbonyl (C=O) groups is 1. The first-order valence-corrected chi connectivity index (χ1v) is 14.8. The summed E-state index contributed by atoms with van der Waals surface area (Å²) in [4.78, 5) is 16.4. The van der Waals surface area contributed by atoms with E-state index in [-0.39, 0.29) is 12.5 Å². The fourth-order valence-corrected chi connectivity index (χ4v) is 6.24. The van der Waals surface area contributed by atoms with Crippen molar-refractivity contribution in [2.24, 2.45) is 0 Å². The molecule has 3 aromatic carbocycles. The van der Waals surface area contributed by atoms with Crippen LogP contribution in [0.5, 0.6) is 11.5 Å². The average Bonchev–Trinajstić information content (AvgIpc) is 3.12. The molecule has 0 unspecified atom stereocenters. The lowest BCUT2D eigenvalue weighted by Gasteiger charge is -2.16. The molecular weight excluding hydrogens is 621 g/mol. The standard InChI is InChI=1S/C26H20BrCl2NO3S3/c1-3-32-22-10-15(9-20(27)24(22)33-14-16-7-8-17(28)12-21(16)29)11-23-25(31)30(26(34)36-23)18-5-4-6-19(13-18)35-2/h4-13H,3,14H2,1-2H3/b23-11-. The third-order valence-corrected chi connectivity index (χ3v) is 8.33. The van der Waals surface area contributed by atoms with E-state index in [0.717, 1.165) is 21.7 Å². The van der Waals surface area contributed by atoms with Crippen molar-refractivity contribution in [2.45, 2.75) is 18.4 Å². The number of thioether (sulfide) groups is 2. The highest BCUT2D eigenvalue weighted by atomic mass is 79.9. The van der Waals surface area contributed by atoms with Gasteiger partial charge in [0.15, 0.2) is 15.8 Å². The molecule has 1 amide bonds. The Morgan fingerprint density at radius 1 is 1.14 bits per heavy atom. The van der Waals surface area contributed by atoms with E-state index in [4.69, 9.17) is 44.9 Å². The molecule has 0 spiro atoms. The molecule has 0 aromatic heterocycles. The predicted molar refractivity (Wildman–Crippen MR) is 160 cm³/mol. The van der Waals surface area contributed by atoms with Crippen LogP contribution in [-0.2, 0) is 11.4 Å². The number of hydrogen-bond acceptors (Lipinski definition) is 6. The van der Waals surface area contributed by atoms with Crippen LogP contribution in [0.15, 0.2) is 68.9 Å². The van der Waals surface area contributed by atoms with Gasteiger partial charge in [-0.3, -0.25) is 9.69 Å². The van der Waals surface area contributed by atoms with Gasteiger partial charge in [-0.05, 0) is 83.2 Å². The Kier molecular flexibility index (Phi) is 9.30. The first-order chi connectivity index (χ1) is 17.3. The highest BCUT2D eigenvalue weighted by molar-refractivity contribution is 9.10. The maximum atomic E-state index is 13.3. The second-order valence-corrected chi connectivity index (χ2v) is 11.8. The van der Waals surface area contributed by atoms with Gasteiger partial charge in [-0.25, -0.2) is 0 Å². The van der Waals surface area contributed by atoms with Gasteiger partial charge in [0.1, 0.15) is 6.61 Å². The van der Waals surface area contributed by atoms with E-state index in [1.165, 1.54) is 11.8 Å². The van der Waals surface area contributed by atoms with E-state index >= 15 is 0 Å². The molecule has 0 radical (unpaired) electrons. The lowest BCUT2D eigenvalue weighted by atomic mass is 10.1. The normalized spacial score (nSPS) is 14.6. The molecule has 186 valence electrons. The van der Waals surface area contributed by atoms with Crippen molar-refractivity contribution in [3.8, 4) is 11.5 Å². The minimum atomic E-state index is -0.157. The molecule has 10 heteroatoms. The second kappa shape index (κ2) is 12.2. The molecule has 0 N–H and O–H groups in total. The van der Waals surface area contributed by atoms with Gasteiger partial charge in [0, 0.05) is 20.5 Å². The SMILES string of the molecule is CCOc1cc(/C=C2\SC(=S)N(c3cccc(SC)c3)C2=O)cc(Br)c1OCc1ccc(Cl)cc1Cl. The molecule has 1 aliphatic heterocycles. The summed E-state index contributed by atoms with van der Waals surface area (Å²) in [6, 6.07) is 16.7. The third kappa shape index (κ3) is 6.23. The van der Waals surface area contributed by atoms with Crippen molar-refractivity contribution in [2.75, 3.05) is 17.8 Å². The van der Waals surface area contributed by atoms with Gasteiger partial charge in [-0.15, -0.1) is 11.8 Å². The molecular formula is C26H20BrCl2NO3S3. The Bertz CT molecular complexity index is 1370. The third-order valence-electron chi connectivity index (χ3n) is 5.12. The highest BCUT2D eigenvalue weighted by Gasteiger charge is 2.33. The maximum absolute atomic E-state index is 13.3. The van der Waals surface area contributed by atoms with Crippen molar-refractivity contribution >= 4 is 96.9 Å². The minimum absolute atomic E-state index is 0.157. The van der Waals surface area contributed by atoms with E-state index < -0.39 is 0 Å². The topological polar surface area (TPSA) is 38.8 Å². The van der Waals surface area contributed by atoms with Gasteiger partial charge in [0.05, 0.1) is 21.7 Å². The number of carbonyl (C=O) groups excluding carboxylic acids is 1. The lowest BCUT2D eigenvalue weighted by molar-refractivity contribution is -0.113. The average molecular weight is 641 g/mol. The zero-order chi connectivity index (χ0) is 25.8. The lowest BCUT2D eigenvalue weighted by Crippen LogP contribution is -2.27. The van der Waals surface area contributed by atoms with Gasteiger partial charge in [-0.2, -0.15) is 0 Å². The van der Waals surface area contributed by atoms with Crippen LogP contribution in [0.4, 0.5) is 5.69 Å². The molecule has 1 heterocycles. The van der Waals surface area contributed by atoms with Crippen LogP contribution < -0.4 is 14.4 Å². The first-order valence-electron chi connectivity index (χ1n) is 10.8. The Morgan fingerprint density at radius 2 is 1.94 bits per heavy atom. The molecule has 4 nitrogen and oxygen atoms in total. The van der Waals surface area contributed by atoms with Crippen molar-refractivity contribution in [3.05, 3.63) is 85.1 Å². The van der Waals surface area contributed by atoms with E-state index in [2.05, 4.69) is 15.9 Å². The summed E-state index contributed by atoms with van der Waals surface area (Å²) in [7, 11) is 0. The molecule has 0 aliphatic carbocycles. The fourth-order valence-electron chi connectivity index (χ4n) is 3.45. The number of rotatable bonds is 8. The number of hydrogen-bond donors (Lipinski definition) is 0. The van der Waals surface area contributed by atoms with Crippen LogP contribution >= 0.6 is 74.9 Å². The van der Waals surface area contributed by atoms with E-state index in [1.807, 2.05) is 61.7 Å². The molecule has 1 fully saturated rings. The Labute approximate surface area is 242 Å². The molecule has 3 aromatic rings. The van der Waals surface area contributed by atoms with Crippen LogP contribution in [0.3, 0.4) is 0 Å². The number of benzene rings is 3. The number of ether oxygens (including phenoxy) is 2. The number of thiocarbonyl (C=S) groups is 1. The smallest absolute Gasteiger partial charge is 0.270 e. The summed E-state index contributed by atoms with van der Waals surface area (Å²) < 4.78 is 13.1. The predicted octanol–water partition coefficient (Wildman–Crippen LogP) is 8.86. The Balaban J connectivity index is 1.60. The fraction of sp³-hybridized carbons (Fsp3) is 0.154. The van der Waals surface area contributed by atoms with Crippen LogP contribution in [-0.4, -0.2) is 23.1 Å². The van der Waals surface area contributed by atoms with Gasteiger partial charge in [0.2, 0.25) is 0 Å². The van der Waals surface area contributed by atoms with Gasteiger partial charge < -0.3 is 9.47 Å². The quantitative estimate of drug-likeness (QED) is 0.139. The zero-order valence-corrected chi connectivity index (χ0v) is 24.8. The number of halogens is 3. The van der Waals surface area contributed by atoms with Crippen molar-refractivity contribution < 1.29 is 14.3 Å². The van der Waals surface area contributed by atoms with Crippen molar-refractivity contribution in [1.29, 1.82) is 0 Å². The number of nitrogens with zero attached hydrogens (tertiary/aromatic N) is 1. The molecule has 0 saturated carbocycles. The van der Waals surface area contributed by atoms with Gasteiger partial charge in [-0.1, -0.05) is 59.3 Å². The van der Waals surface area contributed by atoms with Crippen LogP contribution in [0, 0.1) is 0 Å². The summed E-state index contributed by atoms with van der Waals surface area (Å²) in [5, 5.41) is 1.09. The number of anilines is 1. The summed E-state index contributed by atoms with van der Waals surface area (Å²) >= 11 is 24.3. The summed E-state index contributed by atoms with van der Waals surface area (Å²) in [6.45, 7) is 2.58. The van der Waals surface area contributed by atoms with Crippen molar-refractivity contribution in [3.63, 3.8) is 0 Å². The van der Waals surface area contributed by atoms with E-state index in [9.17, 15) is 4.79 Å². The van der Waals surface area contributed by atoms with Gasteiger partial charge in [0.25, 0.3) is 5.91 Å². The van der Waals surface area contributed by atoms with Crippen LogP contribution in [0.1, 0.15) is 18.1 Å². The van der Waals surface area contributed by atoms with E-state index in [1.54, 1.807) is 28.8 Å². The monoisotopic (exact) mass is 639 g/mol. The number of amides is 1. The zero-order valence-electron chi connectivity index (χ0n) is 19.2. The molecule has 0 bridgehead atoms. The van der Waals surface area contributed by atoms with Gasteiger partial charge >= 0.3 is 0 Å². The maximum Gasteiger partial charge on any atom is 0.270 e. The van der Waals surface area contributed by atoms with Crippen LogP contribution in [0.2, 0.25) is 10.0 Å². The Hall–Kier alpha value is -1.68. The first kappa shape index (κ1) is 27.4. The van der Waals surface area contributed by atoms with E-state index in [0.29, 0.717) is 41.8 Å². The second-order valence-electron chi connectivity index (χ2n) is 7.51. The summed E-state index contributed by atoms with van der Waals surface area (Å²) in [5.74, 6) is 0.933. The molecule has 0 atom stereocenters. The molecule has 1 saturated heterocycles. The largest absolute Gasteiger partial charge is 0.490 e. The molecule has 36 heavy (non-hydrogen) atoms. The Morgan fingerprint density at radius 3 is 2.67 bits per heavy atom. The molecule has 1 aliphatic rings. The summed E-state index contributed by atoms with van der Waals surface area (Å²) in [5.41, 5.74) is 2.34. The summed E-state index contributed by atoms with van der Waals surface area (Å²) in [6.07, 6.45) is 3.80. The van der Waals surface area contributed by atoms with Crippen LogP contribution in [0.25, 0.3) is 6.08 Å².